The molecule has 3 saturated carbocycles. The quantitative estimate of drug-likeness (QED) is 0.139. The number of carbonyl (C=O) groups excluding carboxylic acids is 2. The van der Waals surface area contributed by atoms with Gasteiger partial charge < -0.3 is 59.1 Å². The second-order valence-corrected chi connectivity index (χ2v) is 20.2. The van der Waals surface area contributed by atoms with Crippen molar-refractivity contribution in [3.63, 3.8) is 0 Å². The van der Waals surface area contributed by atoms with E-state index in [0.29, 0.717) is 25.2 Å². The molecule has 3 saturated heterocycles. The zero-order valence-electron chi connectivity index (χ0n) is 35.0. The number of cyclic esters (lactones) is 1. The van der Waals surface area contributed by atoms with E-state index in [4.69, 9.17) is 28.4 Å². The summed E-state index contributed by atoms with van der Waals surface area (Å²) < 4.78 is 36.5. The molecule has 57 heavy (non-hydrogen) atoms. The molecule has 0 aromatic heterocycles. The Labute approximate surface area is 336 Å². The molecule has 6 fully saturated rings. The van der Waals surface area contributed by atoms with Crippen LogP contribution in [0.25, 0.3) is 0 Å². The summed E-state index contributed by atoms with van der Waals surface area (Å²) in [7, 11) is 0. The van der Waals surface area contributed by atoms with E-state index in [2.05, 4.69) is 54.5 Å². The Balaban J connectivity index is 1.11. The van der Waals surface area contributed by atoms with Crippen LogP contribution in [0.4, 0.5) is 0 Å². The fourth-order valence-corrected chi connectivity index (χ4v) is 13.4. The Morgan fingerprint density at radius 3 is 2.28 bits per heavy atom. The van der Waals surface area contributed by atoms with Crippen molar-refractivity contribution < 1.29 is 68.6 Å². The first-order chi connectivity index (χ1) is 26.6. The molecule has 18 atom stereocenters. The zero-order chi connectivity index (χ0) is 41.6. The van der Waals surface area contributed by atoms with Gasteiger partial charge in [0.25, 0.3) is 0 Å². The Hall–Kier alpha value is -1.72. The molecule has 6 N–H and O–H groups in total. The van der Waals surface area contributed by atoms with Gasteiger partial charge in [-0.05, 0) is 86.9 Å². The number of aliphatic hydroxyl groups excluding tert-OH is 6. The van der Waals surface area contributed by atoms with Crippen LogP contribution in [0.15, 0.2) is 11.6 Å². The highest BCUT2D eigenvalue weighted by Gasteiger charge is 2.76. The van der Waals surface area contributed by atoms with E-state index in [0.717, 1.165) is 38.5 Å². The second-order valence-electron chi connectivity index (χ2n) is 20.2. The minimum absolute atomic E-state index is 0.0168. The lowest BCUT2D eigenvalue weighted by Crippen LogP contribution is -2.64. The van der Waals surface area contributed by atoms with Gasteiger partial charge in [-0.15, -0.1) is 0 Å². The SMILES string of the molecule is CC(=O)O[C@@H](CC(C)C)C[C@]1(C)OC(=O)[C@]23CC[C@H]4C(=CC[C@H]5C(C)(C)[C@@H](O[C@@H]6OC[C@@H](O)[C@H](O)[C@H]6O[C@@H]6O[C@H](CO)[C@@H](O)[C@H](O)[C@H]6O)CC[C@]45C)[C@]2(C)CC[C@@H]31. The van der Waals surface area contributed by atoms with Gasteiger partial charge in [0.2, 0.25) is 0 Å². The number of rotatable bonds is 10. The molecule has 0 amide bonds. The summed E-state index contributed by atoms with van der Waals surface area (Å²) >= 11 is 0. The number of carbonyl (C=O) groups is 2. The molecule has 4 aliphatic carbocycles. The minimum atomic E-state index is -1.71. The van der Waals surface area contributed by atoms with Gasteiger partial charge in [0.05, 0.1) is 24.7 Å². The smallest absolute Gasteiger partial charge is 0.313 e. The van der Waals surface area contributed by atoms with E-state index in [9.17, 15) is 40.2 Å². The van der Waals surface area contributed by atoms with Crippen molar-refractivity contribution in [2.75, 3.05) is 13.2 Å². The summed E-state index contributed by atoms with van der Waals surface area (Å²) in [6.07, 6.45) is -4.42. The molecule has 3 aliphatic heterocycles. The first kappa shape index (κ1) is 43.4. The molecule has 1 spiro atoms. The summed E-state index contributed by atoms with van der Waals surface area (Å²) in [5.74, 6) is 0.360. The third-order valence-corrected chi connectivity index (χ3v) is 16.2. The second kappa shape index (κ2) is 15.3. The highest BCUT2D eigenvalue weighted by Crippen LogP contribution is 2.76. The van der Waals surface area contributed by atoms with Gasteiger partial charge in [0.1, 0.15) is 54.4 Å². The lowest BCUT2D eigenvalue weighted by Gasteiger charge is -2.64. The van der Waals surface area contributed by atoms with Crippen molar-refractivity contribution in [3.8, 4) is 0 Å². The minimum Gasteiger partial charge on any atom is -0.462 e. The molecule has 0 aromatic carbocycles. The van der Waals surface area contributed by atoms with Crippen LogP contribution in [0, 0.1) is 45.3 Å². The fourth-order valence-electron chi connectivity index (χ4n) is 13.4. The molecule has 0 radical (unpaired) electrons. The van der Waals surface area contributed by atoms with Crippen molar-refractivity contribution in [1.29, 1.82) is 0 Å². The normalized spacial score (nSPS) is 49.6. The predicted molar refractivity (Wildman–Crippen MR) is 203 cm³/mol. The molecule has 324 valence electrons. The van der Waals surface area contributed by atoms with Gasteiger partial charge in [-0.3, -0.25) is 9.59 Å². The van der Waals surface area contributed by atoms with Crippen LogP contribution in [0.5, 0.6) is 0 Å². The van der Waals surface area contributed by atoms with Crippen LogP contribution >= 0.6 is 0 Å². The van der Waals surface area contributed by atoms with E-state index < -0.39 is 78.3 Å². The molecule has 14 nitrogen and oxygen atoms in total. The topological polar surface area (TPSA) is 211 Å². The van der Waals surface area contributed by atoms with Crippen LogP contribution in [-0.4, -0.2) is 129 Å². The van der Waals surface area contributed by atoms with Gasteiger partial charge in [0.15, 0.2) is 12.6 Å². The van der Waals surface area contributed by atoms with Crippen molar-refractivity contribution >= 4 is 11.9 Å². The number of hydrogen-bond donors (Lipinski definition) is 6. The average molecular weight is 809 g/mol. The molecular weight excluding hydrogens is 740 g/mol. The standard InChI is InChI=1S/C43H68O14/c1-21(2)17-23(53-22(3)45)18-42(8)29-12-15-41(7)25-9-10-28-39(4,5)30(13-14-40(28,6)24(25)11-16-43(29,41)38(51)57-42)55-37-35(31(47)26(46)20-52-37)56-36-34(50)33(49)32(48)27(19-44)54-36/h9,21,23-24,26-37,44,46-50H,10-20H2,1-8H3/t23-,24-,26+,27+,28-,29+,30-,31-,32+,33-,34+,35+,36-,37-,40+,41-,42-,43+/m0/s1. The molecule has 7 aliphatic rings. The van der Waals surface area contributed by atoms with Crippen LogP contribution in [-0.2, 0) is 38.0 Å². The molecule has 0 bridgehead atoms. The Morgan fingerprint density at radius 1 is 0.895 bits per heavy atom. The fraction of sp³-hybridized carbons (Fsp3) is 0.907. The van der Waals surface area contributed by atoms with Crippen LogP contribution < -0.4 is 0 Å². The number of aliphatic hydroxyl groups is 6. The number of allylic oxidation sites excluding steroid dienone is 2. The van der Waals surface area contributed by atoms with Crippen LogP contribution in [0.2, 0.25) is 0 Å². The molecule has 0 unspecified atom stereocenters. The van der Waals surface area contributed by atoms with Gasteiger partial charge in [-0.25, -0.2) is 0 Å². The summed E-state index contributed by atoms with van der Waals surface area (Å²) in [6.45, 7) is 16.0. The van der Waals surface area contributed by atoms with Gasteiger partial charge in [0, 0.05) is 24.7 Å². The largest absolute Gasteiger partial charge is 0.462 e. The maximum atomic E-state index is 14.4. The third kappa shape index (κ3) is 6.84. The lowest BCUT2D eigenvalue weighted by atomic mass is 9.41. The first-order valence-electron chi connectivity index (χ1n) is 21.3. The van der Waals surface area contributed by atoms with Gasteiger partial charge >= 0.3 is 11.9 Å². The Morgan fingerprint density at radius 2 is 1.61 bits per heavy atom. The monoisotopic (exact) mass is 808 g/mol. The maximum absolute atomic E-state index is 14.4. The Kier molecular flexibility index (Phi) is 11.7. The summed E-state index contributed by atoms with van der Waals surface area (Å²) in [5.41, 5.74) is -0.848. The lowest BCUT2D eigenvalue weighted by molar-refractivity contribution is -0.366. The van der Waals surface area contributed by atoms with E-state index >= 15 is 0 Å². The molecular formula is C43H68O14. The van der Waals surface area contributed by atoms with E-state index in [-0.39, 0.29) is 59.3 Å². The Bertz CT molecular complexity index is 1550. The maximum Gasteiger partial charge on any atom is 0.313 e. The zero-order valence-corrected chi connectivity index (χ0v) is 35.0. The van der Waals surface area contributed by atoms with E-state index in [1.54, 1.807) is 0 Å². The number of fused-ring (bicyclic) bond motifs is 4. The van der Waals surface area contributed by atoms with Crippen molar-refractivity contribution in [1.82, 2.24) is 0 Å². The molecule has 3 heterocycles. The number of ether oxygens (including phenoxy) is 6. The van der Waals surface area contributed by atoms with Gasteiger partial charge in [-0.1, -0.05) is 53.2 Å². The van der Waals surface area contributed by atoms with Crippen LogP contribution in [0.3, 0.4) is 0 Å². The first-order valence-corrected chi connectivity index (χ1v) is 21.3. The van der Waals surface area contributed by atoms with Crippen molar-refractivity contribution in [3.05, 3.63) is 11.6 Å². The third-order valence-electron chi connectivity index (χ3n) is 16.2. The summed E-state index contributed by atoms with van der Waals surface area (Å²) in [5, 5.41) is 62.7. The van der Waals surface area contributed by atoms with E-state index in [1.165, 1.54) is 12.5 Å². The number of esters is 2. The van der Waals surface area contributed by atoms with Gasteiger partial charge in [-0.2, -0.15) is 0 Å². The average Bonchev–Trinajstić information content (AvgIpc) is 3.57. The molecule has 0 aromatic rings. The van der Waals surface area contributed by atoms with Crippen molar-refractivity contribution in [2.24, 2.45) is 45.3 Å². The highest BCUT2D eigenvalue weighted by atomic mass is 16.8. The summed E-state index contributed by atoms with van der Waals surface area (Å²) in [6, 6.07) is 0. The van der Waals surface area contributed by atoms with Crippen molar-refractivity contribution in [2.45, 2.75) is 186 Å². The number of hydrogen-bond acceptors (Lipinski definition) is 14. The van der Waals surface area contributed by atoms with E-state index in [1.807, 2.05) is 0 Å². The molecule has 14 heteroatoms. The van der Waals surface area contributed by atoms with Crippen LogP contribution in [0.1, 0.15) is 113 Å². The molecule has 7 rings (SSSR count). The predicted octanol–water partition coefficient (Wildman–Crippen LogP) is 2.90. The summed E-state index contributed by atoms with van der Waals surface area (Å²) in [4.78, 5) is 26.5. The highest BCUT2D eigenvalue weighted by molar-refractivity contribution is 5.83.